The van der Waals surface area contributed by atoms with E-state index in [1.54, 1.807) is 32.9 Å². The number of alkyl carbamates (subject to hydrolysis) is 1. The van der Waals surface area contributed by atoms with Crippen molar-refractivity contribution in [1.82, 2.24) is 5.32 Å². The summed E-state index contributed by atoms with van der Waals surface area (Å²) in [7, 11) is -1.64. The first-order valence-electron chi connectivity index (χ1n) is 6.76. The molecular formula is C14H20BNO6. The number of carbonyl (C=O) groups is 2. The van der Waals surface area contributed by atoms with Crippen LogP contribution in [0.15, 0.2) is 24.3 Å². The Morgan fingerprint density at radius 2 is 1.95 bits per heavy atom. The summed E-state index contributed by atoms with van der Waals surface area (Å²) >= 11 is 0. The van der Waals surface area contributed by atoms with Crippen molar-refractivity contribution in [1.29, 1.82) is 0 Å². The fraction of sp³-hybridized carbons (Fsp3) is 0.429. The van der Waals surface area contributed by atoms with E-state index in [9.17, 15) is 14.7 Å². The molecule has 0 unspecified atom stereocenters. The molecule has 0 aliphatic heterocycles. The molecular weight excluding hydrogens is 289 g/mol. The van der Waals surface area contributed by atoms with Crippen LogP contribution in [0.5, 0.6) is 0 Å². The van der Waals surface area contributed by atoms with E-state index in [4.69, 9.17) is 14.8 Å². The second-order valence-electron chi connectivity index (χ2n) is 5.86. The van der Waals surface area contributed by atoms with Gasteiger partial charge < -0.3 is 25.2 Å². The van der Waals surface area contributed by atoms with Crippen LogP contribution in [0.25, 0.3) is 0 Å². The maximum atomic E-state index is 11.7. The summed E-state index contributed by atoms with van der Waals surface area (Å²) in [6, 6.07) is 5.01. The van der Waals surface area contributed by atoms with E-state index in [0.717, 1.165) is 0 Å². The second kappa shape index (κ2) is 7.28. The molecule has 1 rings (SSSR count). The molecule has 8 heteroatoms. The number of rotatable bonds is 5. The maximum absolute atomic E-state index is 11.7. The Bertz CT molecular complexity index is 540. The van der Waals surface area contributed by atoms with Crippen LogP contribution in [0.4, 0.5) is 4.79 Å². The molecule has 22 heavy (non-hydrogen) atoms. The Morgan fingerprint density at radius 1 is 1.32 bits per heavy atom. The van der Waals surface area contributed by atoms with Crippen molar-refractivity contribution in [3.8, 4) is 0 Å². The van der Waals surface area contributed by atoms with E-state index < -0.39 is 30.8 Å². The maximum Gasteiger partial charge on any atom is 0.488 e. The Labute approximate surface area is 129 Å². The lowest BCUT2D eigenvalue weighted by molar-refractivity contribution is -0.139. The first-order chi connectivity index (χ1) is 10.1. The van der Waals surface area contributed by atoms with Gasteiger partial charge in [-0.1, -0.05) is 24.3 Å². The smallest absolute Gasteiger partial charge is 0.480 e. The molecule has 0 aliphatic carbocycles. The zero-order valence-electron chi connectivity index (χ0n) is 12.7. The zero-order chi connectivity index (χ0) is 16.9. The first-order valence-corrected chi connectivity index (χ1v) is 6.76. The summed E-state index contributed by atoms with van der Waals surface area (Å²) in [5.74, 6) is -1.21. The minimum atomic E-state index is -1.64. The lowest BCUT2D eigenvalue weighted by atomic mass is 9.79. The van der Waals surface area contributed by atoms with Crippen molar-refractivity contribution in [2.45, 2.75) is 38.8 Å². The molecule has 7 nitrogen and oxygen atoms in total. The lowest BCUT2D eigenvalue weighted by Gasteiger charge is -2.22. The molecule has 1 aromatic carbocycles. The molecule has 120 valence electrons. The molecule has 1 amide bonds. The topological polar surface area (TPSA) is 116 Å². The predicted molar refractivity (Wildman–Crippen MR) is 80.8 cm³/mol. The largest absolute Gasteiger partial charge is 0.488 e. The van der Waals surface area contributed by atoms with Crippen LogP contribution in [-0.2, 0) is 16.0 Å². The monoisotopic (exact) mass is 309 g/mol. The van der Waals surface area contributed by atoms with Crippen LogP contribution < -0.4 is 10.8 Å². The molecule has 4 N–H and O–H groups in total. The van der Waals surface area contributed by atoms with Crippen molar-refractivity contribution in [3.05, 3.63) is 29.8 Å². The number of aliphatic carboxylic acids is 1. The Balaban J connectivity index is 2.79. The molecule has 1 aromatic rings. The van der Waals surface area contributed by atoms with Gasteiger partial charge in [-0.2, -0.15) is 0 Å². The number of benzene rings is 1. The van der Waals surface area contributed by atoms with Gasteiger partial charge in [0.1, 0.15) is 11.6 Å². The van der Waals surface area contributed by atoms with E-state index in [2.05, 4.69) is 5.32 Å². The molecule has 0 spiro atoms. The number of nitrogens with one attached hydrogen (secondary N) is 1. The number of ether oxygens (including phenoxy) is 1. The van der Waals surface area contributed by atoms with Crippen LogP contribution in [-0.4, -0.2) is 46.0 Å². The zero-order valence-corrected chi connectivity index (χ0v) is 12.7. The Kier molecular flexibility index (Phi) is 5.96. The average molecular weight is 309 g/mol. The van der Waals surface area contributed by atoms with E-state index in [-0.39, 0.29) is 11.9 Å². The lowest BCUT2D eigenvalue weighted by Crippen LogP contribution is -2.44. The van der Waals surface area contributed by atoms with Crippen molar-refractivity contribution in [3.63, 3.8) is 0 Å². The van der Waals surface area contributed by atoms with Gasteiger partial charge in [0.2, 0.25) is 0 Å². The number of carboxylic acid groups (broad SMARTS) is 1. The number of carbonyl (C=O) groups excluding carboxylic acids is 1. The highest BCUT2D eigenvalue weighted by atomic mass is 16.6. The standard InChI is InChI=1S/C14H20BNO6/c1-14(2,3)22-13(19)16-11(12(17)18)8-9-5-4-6-10(7-9)15(20)21/h4-7,11,20-21H,8H2,1-3H3,(H,16,19)(H,17,18)/t11-/m0/s1. The van der Waals surface area contributed by atoms with Crippen molar-refractivity contribution in [2.75, 3.05) is 0 Å². The number of hydrogen-bond donors (Lipinski definition) is 4. The predicted octanol–water partition coefficient (Wildman–Crippen LogP) is -0.113. The van der Waals surface area contributed by atoms with E-state index in [0.29, 0.717) is 5.56 Å². The molecule has 0 aromatic heterocycles. The molecule has 1 atom stereocenters. The summed E-state index contributed by atoms with van der Waals surface area (Å²) in [4.78, 5) is 22.9. The minimum Gasteiger partial charge on any atom is -0.480 e. The highest BCUT2D eigenvalue weighted by Gasteiger charge is 2.24. The van der Waals surface area contributed by atoms with Gasteiger partial charge in [-0.25, -0.2) is 9.59 Å². The van der Waals surface area contributed by atoms with Gasteiger partial charge in [0.05, 0.1) is 0 Å². The van der Waals surface area contributed by atoms with Crippen LogP contribution in [0.1, 0.15) is 26.3 Å². The van der Waals surface area contributed by atoms with Gasteiger partial charge in [0.15, 0.2) is 0 Å². The Morgan fingerprint density at radius 3 is 2.45 bits per heavy atom. The van der Waals surface area contributed by atoms with Gasteiger partial charge in [-0.05, 0) is 31.8 Å². The van der Waals surface area contributed by atoms with Crippen LogP contribution in [0, 0.1) is 0 Å². The van der Waals surface area contributed by atoms with E-state index in [1.807, 2.05) is 0 Å². The highest BCUT2D eigenvalue weighted by Crippen LogP contribution is 2.08. The van der Waals surface area contributed by atoms with Crippen molar-refractivity contribution in [2.24, 2.45) is 0 Å². The van der Waals surface area contributed by atoms with Gasteiger partial charge in [-0.15, -0.1) is 0 Å². The molecule has 0 saturated heterocycles. The summed E-state index contributed by atoms with van der Waals surface area (Å²) in [6.07, 6.45) is -0.826. The third kappa shape index (κ3) is 6.15. The summed E-state index contributed by atoms with van der Waals surface area (Å²) < 4.78 is 5.02. The highest BCUT2D eigenvalue weighted by molar-refractivity contribution is 6.58. The van der Waals surface area contributed by atoms with Crippen molar-refractivity contribution >= 4 is 24.6 Å². The van der Waals surface area contributed by atoms with Crippen LogP contribution in [0.2, 0.25) is 0 Å². The minimum absolute atomic E-state index is 0.00483. The number of hydrogen-bond acceptors (Lipinski definition) is 5. The number of amides is 1. The van der Waals surface area contributed by atoms with E-state index in [1.165, 1.54) is 12.1 Å². The van der Waals surface area contributed by atoms with Crippen LogP contribution in [0.3, 0.4) is 0 Å². The summed E-state index contributed by atoms with van der Waals surface area (Å²) in [5, 5.41) is 29.7. The molecule has 0 bridgehead atoms. The summed E-state index contributed by atoms with van der Waals surface area (Å²) in [5.41, 5.74) is 0.0709. The normalized spacial score (nSPS) is 12.4. The van der Waals surface area contributed by atoms with Gasteiger partial charge >= 0.3 is 19.2 Å². The van der Waals surface area contributed by atoms with Gasteiger partial charge in [0, 0.05) is 6.42 Å². The van der Waals surface area contributed by atoms with Gasteiger partial charge in [-0.3, -0.25) is 0 Å². The van der Waals surface area contributed by atoms with Crippen LogP contribution >= 0.6 is 0 Å². The first kappa shape index (κ1) is 18.0. The van der Waals surface area contributed by atoms with E-state index >= 15 is 0 Å². The number of carboxylic acids is 1. The fourth-order valence-corrected chi connectivity index (χ4v) is 1.77. The molecule has 0 radical (unpaired) electrons. The fourth-order valence-electron chi connectivity index (χ4n) is 1.77. The second-order valence-corrected chi connectivity index (χ2v) is 5.86. The molecule has 0 fully saturated rings. The SMILES string of the molecule is CC(C)(C)OC(=O)N[C@@H](Cc1cccc(B(O)O)c1)C(=O)O. The third-order valence-electron chi connectivity index (χ3n) is 2.68. The third-order valence-corrected chi connectivity index (χ3v) is 2.68. The summed E-state index contributed by atoms with van der Waals surface area (Å²) in [6.45, 7) is 5.03. The molecule has 0 saturated carbocycles. The average Bonchev–Trinajstić information content (AvgIpc) is 2.35. The van der Waals surface area contributed by atoms with Crippen molar-refractivity contribution < 1.29 is 29.5 Å². The molecule has 0 heterocycles. The molecule has 0 aliphatic rings. The Hall–Kier alpha value is -2.06. The van der Waals surface area contributed by atoms with Gasteiger partial charge in [0.25, 0.3) is 0 Å². The quantitative estimate of drug-likeness (QED) is 0.564.